The van der Waals surface area contributed by atoms with Crippen LogP contribution < -0.4 is 0 Å². The number of hydrogen-bond acceptors (Lipinski definition) is 12. The van der Waals surface area contributed by atoms with Crippen molar-refractivity contribution in [1.29, 1.82) is 0 Å². The maximum atomic E-state index is 12.0. The van der Waals surface area contributed by atoms with Gasteiger partial charge in [-0.3, -0.25) is 14.4 Å². The highest BCUT2D eigenvalue weighted by molar-refractivity contribution is 5.68. The minimum Gasteiger partial charge on any atom is -0.456 e. The Hall–Kier alpha value is -1.83. The SMILES string of the molecule is CC(=O)O[C@@H]1[C@H](OC(C)=O)[C@H](C)O[C@H](CC[C@H]2O[C@@H]3OC(C)(C)O[C@@H]3[C@H]3OC(C)(C)O[C@H]32)[C@H]1OC(C)=O. The Morgan fingerprint density at radius 3 is 1.73 bits per heavy atom. The van der Waals surface area contributed by atoms with Gasteiger partial charge in [0.15, 0.2) is 36.2 Å². The van der Waals surface area contributed by atoms with Crippen molar-refractivity contribution < 1.29 is 57.0 Å². The summed E-state index contributed by atoms with van der Waals surface area (Å²) in [7, 11) is 0. The fraction of sp³-hybridized carbons (Fsp3) is 0.880. The van der Waals surface area contributed by atoms with E-state index in [4.69, 9.17) is 42.6 Å². The normalized spacial score (nSPS) is 41.8. The van der Waals surface area contributed by atoms with Crippen molar-refractivity contribution in [2.45, 2.75) is 141 Å². The van der Waals surface area contributed by atoms with Crippen LogP contribution in [0.15, 0.2) is 0 Å². The first-order valence-electron chi connectivity index (χ1n) is 12.7. The van der Waals surface area contributed by atoms with Gasteiger partial charge in [0, 0.05) is 20.8 Å². The lowest BCUT2D eigenvalue weighted by Gasteiger charge is -2.44. The van der Waals surface area contributed by atoms with E-state index in [1.165, 1.54) is 20.8 Å². The number of carbonyl (C=O) groups excluding carboxylic acids is 3. The van der Waals surface area contributed by atoms with Gasteiger partial charge in [0.05, 0.1) is 18.3 Å². The van der Waals surface area contributed by atoms with Crippen LogP contribution in [0, 0.1) is 0 Å². The van der Waals surface area contributed by atoms with Crippen molar-refractivity contribution in [3.8, 4) is 0 Å². The molecule has 0 aliphatic carbocycles. The second kappa shape index (κ2) is 10.4. The molecule has 12 nitrogen and oxygen atoms in total. The first-order valence-corrected chi connectivity index (χ1v) is 12.7. The average molecular weight is 531 g/mol. The summed E-state index contributed by atoms with van der Waals surface area (Å²) < 4.78 is 53.3. The van der Waals surface area contributed by atoms with E-state index in [9.17, 15) is 14.4 Å². The highest BCUT2D eigenvalue weighted by Gasteiger charge is 2.61. The van der Waals surface area contributed by atoms with Crippen molar-refractivity contribution in [2.75, 3.05) is 0 Å². The monoisotopic (exact) mass is 530 g/mol. The number of rotatable bonds is 6. The lowest BCUT2D eigenvalue weighted by Crippen LogP contribution is -2.61. The number of esters is 3. The first kappa shape index (κ1) is 28.2. The maximum Gasteiger partial charge on any atom is 0.303 e. The molecule has 4 saturated heterocycles. The van der Waals surface area contributed by atoms with Crippen LogP contribution in [0.4, 0.5) is 0 Å². The molecule has 0 aromatic heterocycles. The Balaban J connectivity index is 1.53. The molecule has 0 saturated carbocycles. The molecular formula is C25H38O12. The Bertz CT molecular complexity index is 887. The fourth-order valence-corrected chi connectivity index (χ4v) is 5.60. The lowest BCUT2D eigenvalue weighted by atomic mass is 9.89. The molecule has 4 aliphatic rings. The quantitative estimate of drug-likeness (QED) is 0.366. The third kappa shape index (κ3) is 6.26. The molecule has 0 aromatic rings. The highest BCUT2D eigenvalue weighted by atomic mass is 16.9. The molecule has 0 amide bonds. The van der Waals surface area contributed by atoms with Gasteiger partial charge in [-0.05, 0) is 47.5 Å². The Morgan fingerprint density at radius 2 is 1.11 bits per heavy atom. The van der Waals surface area contributed by atoms with Crippen LogP contribution >= 0.6 is 0 Å². The van der Waals surface area contributed by atoms with Crippen molar-refractivity contribution in [3.63, 3.8) is 0 Å². The molecule has 4 fully saturated rings. The van der Waals surface area contributed by atoms with Crippen molar-refractivity contribution in [1.82, 2.24) is 0 Å². The van der Waals surface area contributed by atoms with E-state index in [-0.39, 0.29) is 0 Å². The summed E-state index contributed by atoms with van der Waals surface area (Å²) in [6.07, 6.45) is -5.89. The standard InChI is InChI=1S/C25H38O12/c1-11-17(30-12(2)26)20(32-14(4)28)18(31-13(3)27)15(29-11)9-10-16-19-21(35-24(5,6)34-19)22-23(33-16)37-25(7,8)36-22/h11,15-23H,9-10H2,1-8H3/t11-,15+,16+,17+,18+,19-,20+,21-,22+,23+/m0/s1. The van der Waals surface area contributed by atoms with Gasteiger partial charge >= 0.3 is 17.9 Å². The van der Waals surface area contributed by atoms with Crippen LogP contribution in [0.1, 0.15) is 68.2 Å². The third-order valence-electron chi connectivity index (χ3n) is 6.76. The van der Waals surface area contributed by atoms with Crippen LogP contribution in [0.3, 0.4) is 0 Å². The Morgan fingerprint density at radius 1 is 0.622 bits per heavy atom. The molecule has 0 aromatic carbocycles. The second-order valence-electron chi connectivity index (χ2n) is 10.9. The zero-order valence-corrected chi connectivity index (χ0v) is 22.6. The zero-order valence-electron chi connectivity index (χ0n) is 22.6. The van der Waals surface area contributed by atoms with E-state index in [2.05, 4.69) is 0 Å². The smallest absolute Gasteiger partial charge is 0.303 e. The molecule has 4 heterocycles. The number of ether oxygens (including phenoxy) is 9. The molecule has 4 aliphatic heterocycles. The largest absolute Gasteiger partial charge is 0.456 e. The lowest BCUT2D eigenvalue weighted by molar-refractivity contribution is -0.252. The van der Waals surface area contributed by atoms with Gasteiger partial charge < -0.3 is 42.6 Å². The number of carbonyl (C=O) groups is 3. The van der Waals surface area contributed by atoms with E-state index >= 15 is 0 Å². The van der Waals surface area contributed by atoms with Crippen LogP contribution in [0.5, 0.6) is 0 Å². The van der Waals surface area contributed by atoms with E-state index < -0.39 is 90.7 Å². The predicted molar refractivity (Wildman–Crippen MR) is 123 cm³/mol. The minimum atomic E-state index is -1.04. The van der Waals surface area contributed by atoms with E-state index in [0.717, 1.165) is 0 Å². The summed E-state index contributed by atoms with van der Waals surface area (Å²) in [5.74, 6) is -3.43. The maximum absolute atomic E-state index is 12.0. The molecule has 0 bridgehead atoms. The number of hydrogen-bond donors (Lipinski definition) is 0. The summed E-state index contributed by atoms with van der Waals surface area (Å²) in [4.78, 5) is 35.6. The fourth-order valence-electron chi connectivity index (χ4n) is 5.60. The molecule has 210 valence electrons. The third-order valence-corrected chi connectivity index (χ3v) is 6.76. The molecule has 0 N–H and O–H groups in total. The Kier molecular flexibility index (Phi) is 7.91. The van der Waals surface area contributed by atoms with E-state index in [1.807, 2.05) is 27.7 Å². The molecule has 4 rings (SSSR count). The summed E-state index contributed by atoms with van der Waals surface area (Å²) in [6.45, 7) is 12.7. The first-order chi connectivity index (χ1) is 17.2. The van der Waals surface area contributed by atoms with Crippen LogP contribution in [-0.4, -0.2) is 90.7 Å². The average Bonchev–Trinajstić information content (AvgIpc) is 3.24. The van der Waals surface area contributed by atoms with E-state index in [1.54, 1.807) is 6.92 Å². The van der Waals surface area contributed by atoms with Crippen LogP contribution in [0.25, 0.3) is 0 Å². The van der Waals surface area contributed by atoms with Gasteiger partial charge in [0.25, 0.3) is 0 Å². The summed E-state index contributed by atoms with van der Waals surface area (Å²) in [6, 6.07) is 0. The van der Waals surface area contributed by atoms with Gasteiger partial charge in [-0.25, -0.2) is 0 Å². The minimum absolute atomic E-state index is 0.353. The van der Waals surface area contributed by atoms with Gasteiger partial charge in [-0.1, -0.05) is 0 Å². The highest BCUT2D eigenvalue weighted by Crippen LogP contribution is 2.45. The summed E-state index contributed by atoms with van der Waals surface area (Å²) in [5, 5.41) is 0. The predicted octanol–water partition coefficient (Wildman–Crippen LogP) is 1.75. The Labute approximate surface area is 216 Å². The van der Waals surface area contributed by atoms with E-state index in [0.29, 0.717) is 12.8 Å². The van der Waals surface area contributed by atoms with Gasteiger partial charge in [-0.15, -0.1) is 0 Å². The summed E-state index contributed by atoms with van der Waals surface area (Å²) >= 11 is 0. The molecule has 0 spiro atoms. The van der Waals surface area contributed by atoms with Crippen molar-refractivity contribution >= 4 is 17.9 Å². The topological polar surface area (TPSA) is 134 Å². The van der Waals surface area contributed by atoms with Gasteiger partial charge in [0.2, 0.25) is 0 Å². The molecule has 37 heavy (non-hydrogen) atoms. The molecule has 0 radical (unpaired) electrons. The van der Waals surface area contributed by atoms with Crippen LogP contribution in [0.2, 0.25) is 0 Å². The summed E-state index contributed by atoms with van der Waals surface area (Å²) in [5.41, 5.74) is 0. The van der Waals surface area contributed by atoms with Crippen molar-refractivity contribution in [3.05, 3.63) is 0 Å². The molecule has 10 atom stereocenters. The van der Waals surface area contributed by atoms with Gasteiger partial charge in [0.1, 0.15) is 18.3 Å². The molecule has 0 unspecified atom stereocenters. The van der Waals surface area contributed by atoms with Crippen LogP contribution in [-0.2, 0) is 57.0 Å². The van der Waals surface area contributed by atoms with Crippen molar-refractivity contribution in [2.24, 2.45) is 0 Å². The van der Waals surface area contributed by atoms with Gasteiger partial charge in [-0.2, -0.15) is 0 Å². The molecule has 12 heteroatoms. The molecular weight excluding hydrogens is 492 g/mol. The second-order valence-corrected chi connectivity index (χ2v) is 10.9. The zero-order chi connectivity index (χ0) is 27.3. The number of fused-ring (bicyclic) bond motifs is 3.